The molecule has 0 radical (unpaired) electrons. The lowest BCUT2D eigenvalue weighted by Gasteiger charge is -2.09. The average Bonchev–Trinajstić information content (AvgIpc) is 2.68. The quantitative estimate of drug-likeness (QED) is 0.535. The molecule has 27 heavy (non-hydrogen) atoms. The van der Waals surface area contributed by atoms with Crippen LogP contribution in [0.1, 0.15) is 26.2 Å². The Morgan fingerprint density at radius 3 is 2.59 bits per heavy atom. The number of nitrogens with zero attached hydrogens (tertiary/aromatic N) is 1. The molecule has 0 saturated carbocycles. The molecule has 6 nitrogen and oxygen atoms in total. The normalized spacial score (nSPS) is 10.7. The maximum Gasteiger partial charge on any atom is 0.272 e. The first kappa shape index (κ1) is 18.6. The Hall–Kier alpha value is -3.15. The van der Waals surface area contributed by atoms with Crippen LogP contribution in [0.15, 0.2) is 53.3 Å². The van der Waals surface area contributed by atoms with Gasteiger partial charge in [-0.2, -0.15) is 5.10 Å². The van der Waals surface area contributed by atoms with Crippen molar-refractivity contribution in [3.63, 3.8) is 0 Å². The van der Waals surface area contributed by atoms with Crippen molar-refractivity contribution in [1.82, 2.24) is 15.5 Å². The molecule has 1 amide bonds. The molecule has 0 spiro atoms. The van der Waals surface area contributed by atoms with Crippen LogP contribution in [0.25, 0.3) is 22.0 Å². The average molecular weight is 364 g/mol. The van der Waals surface area contributed by atoms with E-state index in [1.807, 2.05) is 48.5 Å². The van der Waals surface area contributed by atoms with E-state index >= 15 is 0 Å². The molecule has 0 saturated heterocycles. The summed E-state index contributed by atoms with van der Waals surface area (Å²) < 4.78 is 0. The van der Waals surface area contributed by atoms with Gasteiger partial charge in [0.1, 0.15) is 0 Å². The van der Waals surface area contributed by atoms with Gasteiger partial charge in [-0.25, -0.2) is 5.10 Å². The molecule has 0 fully saturated rings. The topological polar surface area (TPSA) is 86.9 Å². The molecule has 6 heteroatoms. The number of aromatic amines is 1. The standard InChI is InChI=1S/C21H24N4O2/c1-15(26)22-12-5-2-6-13-23-17-9-7-8-16(14-17)20-18-10-3-4-11-19(18)21(27)25-24-20/h3-4,7-11,14,23H,2,5-6,12-13H2,1H3,(H,22,26)(H,25,27). The van der Waals surface area contributed by atoms with E-state index in [0.29, 0.717) is 5.39 Å². The van der Waals surface area contributed by atoms with Gasteiger partial charge in [0.05, 0.1) is 11.1 Å². The molecule has 0 atom stereocenters. The van der Waals surface area contributed by atoms with E-state index in [9.17, 15) is 9.59 Å². The van der Waals surface area contributed by atoms with Gasteiger partial charge >= 0.3 is 0 Å². The minimum atomic E-state index is -0.178. The lowest BCUT2D eigenvalue weighted by molar-refractivity contribution is -0.118. The highest BCUT2D eigenvalue weighted by Gasteiger charge is 2.08. The number of amides is 1. The fraction of sp³-hybridized carbons (Fsp3) is 0.286. The smallest absolute Gasteiger partial charge is 0.272 e. The Labute approximate surface area is 158 Å². The third-order valence-corrected chi connectivity index (χ3v) is 4.39. The SMILES string of the molecule is CC(=O)NCCCCCNc1cccc(-c2n[nH]c(=O)c3ccccc23)c1. The number of rotatable bonds is 8. The van der Waals surface area contributed by atoms with E-state index in [2.05, 4.69) is 20.8 Å². The number of hydrogen-bond donors (Lipinski definition) is 3. The second-order valence-electron chi connectivity index (χ2n) is 6.50. The number of hydrogen-bond acceptors (Lipinski definition) is 4. The van der Waals surface area contributed by atoms with Crippen molar-refractivity contribution in [1.29, 1.82) is 0 Å². The zero-order valence-corrected chi connectivity index (χ0v) is 15.4. The van der Waals surface area contributed by atoms with Gasteiger partial charge in [-0.1, -0.05) is 30.3 Å². The number of benzene rings is 2. The number of carbonyl (C=O) groups excluding carboxylic acids is 1. The largest absolute Gasteiger partial charge is 0.385 e. The van der Waals surface area contributed by atoms with Crippen LogP contribution < -0.4 is 16.2 Å². The van der Waals surface area contributed by atoms with Crippen molar-refractivity contribution in [2.45, 2.75) is 26.2 Å². The predicted molar refractivity (Wildman–Crippen MR) is 109 cm³/mol. The van der Waals surface area contributed by atoms with Gasteiger partial charge in [-0.3, -0.25) is 9.59 Å². The van der Waals surface area contributed by atoms with E-state index in [-0.39, 0.29) is 11.5 Å². The monoisotopic (exact) mass is 364 g/mol. The first-order valence-corrected chi connectivity index (χ1v) is 9.21. The van der Waals surface area contributed by atoms with Gasteiger partial charge in [0, 0.05) is 36.7 Å². The molecule has 3 rings (SSSR count). The summed E-state index contributed by atoms with van der Waals surface area (Å²) in [6, 6.07) is 15.5. The van der Waals surface area contributed by atoms with Crippen molar-refractivity contribution in [3.8, 4) is 11.3 Å². The zero-order valence-electron chi connectivity index (χ0n) is 15.4. The van der Waals surface area contributed by atoms with Crippen LogP contribution in [-0.4, -0.2) is 29.2 Å². The van der Waals surface area contributed by atoms with Crippen LogP contribution in [0.2, 0.25) is 0 Å². The highest BCUT2D eigenvalue weighted by Crippen LogP contribution is 2.26. The molecule has 3 N–H and O–H groups in total. The Balaban J connectivity index is 1.64. The summed E-state index contributed by atoms with van der Waals surface area (Å²) in [7, 11) is 0. The van der Waals surface area contributed by atoms with Crippen molar-refractivity contribution in [3.05, 3.63) is 58.9 Å². The van der Waals surface area contributed by atoms with E-state index in [1.54, 1.807) is 0 Å². The minimum absolute atomic E-state index is 0.0216. The van der Waals surface area contributed by atoms with Crippen LogP contribution in [0.5, 0.6) is 0 Å². The number of carbonyl (C=O) groups is 1. The van der Waals surface area contributed by atoms with E-state index in [0.717, 1.165) is 54.7 Å². The number of unbranched alkanes of at least 4 members (excludes halogenated alkanes) is 2. The van der Waals surface area contributed by atoms with E-state index in [1.165, 1.54) is 6.92 Å². The summed E-state index contributed by atoms with van der Waals surface area (Å²) >= 11 is 0. The minimum Gasteiger partial charge on any atom is -0.385 e. The maximum atomic E-state index is 12.0. The van der Waals surface area contributed by atoms with Gasteiger partial charge in [-0.15, -0.1) is 0 Å². The lowest BCUT2D eigenvalue weighted by Crippen LogP contribution is -2.20. The Morgan fingerprint density at radius 2 is 1.78 bits per heavy atom. The van der Waals surface area contributed by atoms with E-state index in [4.69, 9.17) is 0 Å². The van der Waals surface area contributed by atoms with Gasteiger partial charge < -0.3 is 10.6 Å². The first-order chi connectivity index (χ1) is 13.1. The van der Waals surface area contributed by atoms with Crippen molar-refractivity contribution < 1.29 is 4.79 Å². The van der Waals surface area contributed by atoms with Crippen molar-refractivity contribution >= 4 is 22.4 Å². The number of H-pyrrole nitrogens is 1. The van der Waals surface area contributed by atoms with Crippen LogP contribution in [0.3, 0.4) is 0 Å². The van der Waals surface area contributed by atoms with Crippen LogP contribution in [-0.2, 0) is 4.79 Å². The predicted octanol–water partition coefficient (Wildman–Crippen LogP) is 3.31. The first-order valence-electron chi connectivity index (χ1n) is 9.21. The molecule has 2 aromatic carbocycles. The molecule has 1 heterocycles. The third-order valence-electron chi connectivity index (χ3n) is 4.39. The third kappa shape index (κ3) is 4.94. The second-order valence-corrected chi connectivity index (χ2v) is 6.50. The summed E-state index contributed by atoms with van der Waals surface area (Å²) in [5.74, 6) is 0.0216. The van der Waals surface area contributed by atoms with Gasteiger partial charge in [0.25, 0.3) is 5.56 Å². The van der Waals surface area contributed by atoms with Gasteiger partial charge in [-0.05, 0) is 37.5 Å². The number of aromatic nitrogens is 2. The maximum absolute atomic E-state index is 12.0. The van der Waals surface area contributed by atoms with Gasteiger partial charge in [0.2, 0.25) is 5.91 Å². The summed E-state index contributed by atoms with van der Waals surface area (Å²) in [5.41, 5.74) is 2.57. The van der Waals surface area contributed by atoms with Crippen LogP contribution in [0.4, 0.5) is 5.69 Å². The Kier molecular flexibility index (Phi) is 6.20. The lowest BCUT2D eigenvalue weighted by atomic mass is 10.0. The second kappa shape index (κ2) is 8.98. The van der Waals surface area contributed by atoms with E-state index < -0.39 is 0 Å². The number of fused-ring (bicyclic) bond motifs is 1. The fourth-order valence-electron chi connectivity index (χ4n) is 3.04. The molecule has 0 aliphatic carbocycles. The molecule has 140 valence electrons. The van der Waals surface area contributed by atoms with Crippen molar-refractivity contribution in [2.24, 2.45) is 0 Å². The zero-order chi connectivity index (χ0) is 19.1. The highest BCUT2D eigenvalue weighted by atomic mass is 16.1. The van der Waals surface area contributed by atoms with Crippen molar-refractivity contribution in [2.75, 3.05) is 18.4 Å². The van der Waals surface area contributed by atoms with Crippen LogP contribution >= 0.6 is 0 Å². The number of nitrogens with one attached hydrogen (secondary N) is 3. The molecule has 0 bridgehead atoms. The van der Waals surface area contributed by atoms with Gasteiger partial charge in [0.15, 0.2) is 0 Å². The molecule has 0 unspecified atom stereocenters. The highest BCUT2D eigenvalue weighted by molar-refractivity contribution is 5.94. The molecular weight excluding hydrogens is 340 g/mol. The molecule has 1 aromatic heterocycles. The van der Waals surface area contributed by atoms with Crippen LogP contribution in [0, 0.1) is 0 Å². The molecule has 3 aromatic rings. The fourth-order valence-corrected chi connectivity index (χ4v) is 3.04. The summed E-state index contributed by atoms with van der Waals surface area (Å²) in [5, 5.41) is 14.6. The summed E-state index contributed by atoms with van der Waals surface area (Å²) in [6.07, 6.45) is 3.07. The number of anilines is 1. The Morgan fingerprint density at radius 1 is 1.00 bits per heavy atom. The molecular formula is C21H24N4O2. The molecule has 0 aliphatic heterocycles. The molecule has 0 aliphatic rings. The Bertz CT molecular complexity index is 981. The summed E-state index contributed by atoms with van der Waals surface area (Å²) in [4.78, 5) is 22.8. The summed E-state index contributed by atoms with van der Waals surface area (Å²) in [6.45, 7) is 3.13.